The summed E-state index contributed by atoms with van der Waals surface area (Å²) in [6.45, 7) is 6.17. The van der Waals surface area contributed by atoms with E-state index in [1.165, 1.54) is 12.8 Å². The summed E-state index contributed by atoms with van der Waals surface area (Å²) in [5.41, 5.74) is 5.81. The van der Waals surface area contributed by atoms with Crippen molar-refractivity contribution in [2.24, 2.45) is 17.6 Å². The van der Waals surface area contributed by atoms with Gasteiger partial charge >= 0.3 is 0 Å². The van der Waals surface area contributed by atoms with Crippen LogP contribution in [0.3, 0.4) is 0 Å². The van der Waals surface area contributed by atoms with Gasteiger partial charge in [0.25, 0.3) is 0 Å². The summed E-state index contributed by atoms with van der Waals surface area (Å²) in [5.74, 6) is 1.30. The Bertz CT molecular complexity index is 108. The van der Waals surface area contributed by atoms with Crippen LogP contribution in [0.25, 0.3) is 0 Å². The van der Waals surface area contributed by atoms with Crippen LogP contribution in [0.4, 0.5) is 0 Å². The van der Waals surface area contributed by atoms with Crippen LogP contribution in [0.5, 0.6) is 0 Å². The third-order valence-corrected chi connectivity index (χ3v) is 2.77. The van der Waals surface area contributed by atoms with Crippen LogP contribution >= 0.6 is 0 Å². The summed E-state index contributed by atoms with van der Waals surface area (Å²) in [7, 11) is 0. The highest BCUT2D eigenvalue weighted by molar-refractivity contribution is 4.74. The molecule has 0 aromatic rings. The maximum Gasteiger partial charge on any atom is 0.0497 e. The van der Waals surface area contributed by atoms with Gasteiger partial charge in [-0.2, -0.15) is 0 Å². The molecule has 1 heterocycles. The van der Waals surface area contributed by atoms with Gasteiger partial charge in [0.05, 0.1) is 0 Å². The SMILES string of the molecule is CC(N)C(C)C1CCCOC1. The average Bonchev–Trinajstić information content (AvgIpc) is 2.05. The topological polar surface area (TPSA) is 35.2 Å². The van der Waals surface area contributed by atoms with Gasteiger partial charge < -0.3 is 10.5 Å². The predicted octanol–water partition coefficient (Wildman–Crippen LogP) is 1.40. The Kier molecular flexibility index (Phi) is 3.34. The van der Waals surface area contributed by atoms with Crippen LogP contribution in [0, 0.1) is 11.8 Å². The van der Waals surface area contributed by atoms with E-state index in [0.29, 0.717) is 17.9 Å². The van der Waals surface area contributed by atoms with Crippen LogP contribution in [-0.2, 0) is 4.74 Å². The van der Waals surface area contributed by atoms with Crippen LogP contribution in [0.2, 0.25) is 0 Å². The molecule has 0 aliphatic carbocycles. The van der Waals surface area contributed by atoms with Crippen LogP contribution < -0.4 is 5.73 Å². The van der Waals surface area contributed by atoms with Crippen molar-refractivity contribution >= 4 is 0 Å². The first-order valence-electron chi connectivity index (χ1n) is 4.55. The van der Waals surface area contributed by atoms with Crippen LogP contribution in [0.15, 0.2) is 0 Å². The summed E-state index contributed by atoms with van der Waals surface area (Å²) in [6, 6.07) is 0.307. The maximum atomic E-state index is 5.81. The molecule has 1 rings (SSSR count). The molecule has 2 N–H and O–H groups in total. The molecule has 1 saturated heterocycles. The zero-order chi connectivity index (χ0) is 8.27. The number of ether oxygens (including phenoxy) is 1. The molecule has 66 valence electrons. The molecular weight excluding hydrogens is 138 g/mol. The van der Waals surface area contributed by atoms with Crippen molar-refractivity contribution in [3.8, 4) is 0 Å². The van der Waals surface area contributed by atoms with E-state index in [2.05, 4.69) is 13.8 Å². The van der Waals surface area contributed by atoms with Gasteiger partial charge in [0, 0.05) is 19.3 Å². The van der Waals surface area contributed by atoms with Crippen molar-refractivity contribution < 1.29 is 4.74 Å². The Morgan fingerprint density at radius 1 is 1.45 bits per heavy atom. The fourth-order valence-corrected chi connectivity index (χ4v) is 1.61. The summed E-state index contributed by atoms with van der Waals surface area (Å²) < 4.78 is 5.40. The molecule has 0 saturated carbocycles. The van der Waals surface area contributed by atoms with Gasteiger partial charge in [0.15, 0.2) is 0 Å². The summed E-state index contributed by atoms with van der Waals surface area (Å²) in [4.78, 5) is 0. The van der Waals surface area contributed by atoms with E-state index in [9.17, 15) is 0 Å². The van der Waals surface area contributed by atoms with Crippen molar-refractivity contribution in [3.05, 3.63) is 0 Å². The fraction of sp³-hybridized carbons (Fsp3) is 1.00. The minimum absolute atomic E-state index is 0.307. The zero-order valence-electron chi connectivity index (χ0n) is 7.55. The van der Waals surface area contributed by atoms with Gasteiger partial charge in [-0.1, -0.05) is 6.92 Å². The molecule has 3 unspecified atom stereocenters. The zero-order valence-corrected chi connectivity index (χ0v) is 7.55. The first kappa shape index (κ1) is 9.01. The standard InChI is InChI=1S/C9H19NO/c1-7(8(2)10)9-4-3-5-11-6-9/h7-9H,3-6,10H2,1-2H3. The second-order valence-corrected chi connectivity index (χ2v) is 3.70. The van der Waals surface area contributed by atoms with Crippen molar-refractivity contribution in [3.63, 3.8) is 0 Å². The largest absolute Gasteiger partial charge is 0.381 e. The Morgan fingerprint density at radius 2 is 2.18 bits per heavy atom. The highest BCUT2D eigenvalue weighted by Gasteiger charge is 2.22. The van der Waals surface area contributed by atoms with E-state index in [0.717, 1.165) is 13.2 Å². The molecule has 0 spiro atoms. The number of rotatable bonds is 2. The smallest absolute Gasteiger partial charge is 0.0497 e. The van der Waals surface area contributed by atoms with E-state index in [1.54, 1.807) is 0 Å². The lowest BCUT2D eigenvalue weighted by Gasteiger charge is -2.29. The first-order chi connectivity index (χ1) is 5.22. The molecule has 11 heavy (non-hydrogen) atoms. The quantitative estimate of drug-likeness (QED) is 0.657. The summed E-state index contributed by atoms with van der Waals surface area (Å²) >= 11 is 0. The van der Waals surface area contributed by atoms with Gasteiger partial charge in [-0.05, 0) is 31.6 Å². The van der Waals surface area contributed by atoms with Crippen LogP contribution in [-0.4, -0.2) is 19.3 Å². The second-order valence-electron chi connectivity index (χ2n) is 3.70. The molecular formula is C9H19NO. The van der Waals surface area contributed by atoms with Gasteiger partial charge in [0.1, 0.15) is 0 Å². The molecule has 2 heteroatoms. The molecule has 0 aromatic carbocycles. The number of nitrogens with two attached hydrogens (primary N) is 1. The molecule has 0 amide bonds. The molecule has 2 nitrogen and oxygen atoms in total. The van der Waals surface area contributed by atoms with Gasteiger partial charge in [-0.15, -0.1) is 0 Å². The van der Waals surface area contributed by atoms with Crippen molar-refractivity contribution in [2.45, 2.75) is 32.7 Å². The summed E-state index contributed by atoms with van der Waals surface area (Å²) in [5, 5.41) is 0. The third kappa shape index (κ3) is 2.46. The molecule has 0 radical (unpaired) electrons. The van der Waals surface area contributed by atoms with E-state index in [4.69, 9.17) is 10.5 Å². The van der Waals surface area contributed by atoms with E-state index < -0.39 is 0 Å². The van der Waals surface area contributed by atoms with E-state index in [-0.39, 0.29) is 0 Å². The average molecular weight is 157 g/mol. The first-order valence-corrected chi connectivity index (χ1v) is 4.55. The Morgan fingerprint density at radius 3 is 2.64 bits per heavy atom. The highest BCUT2D eigenvalue weighted by atomic mass is 16.5. The Hall–Kier alpha value is -0.0800. The molecule has 1 aliphatic heterocycles. The predicted molar refractivity (Wildman–Crippen MR) is 46.4 cm³/mol. The van der Waals surface area contributed by atoms with Gasteiger partial charge in [0.2, 0.25) is 0 Å². The number of hydrogen-bond acceptors (Lipinski definition) is 2. The molecule has 1 aliphatic rings. The number of hydrogen-bond donors (Lipinski definition) is 1. The molecule has 3 atom stereocenters. The van der Waals surface area contributed by atoms with Gasteiger partial charge in [-0.3, -0.25) is 0 Å². The van der Waals surface area contributed by atoms with Crippen molar-refractivity contribution in [1.82, 2.24) is 0 Å². The monoisotopic (exact) mass is 157 g/mol. The lowest BCUT2D eigenvalue weighted by molar-refractivity contribution is 0.0301. The lowest BCUT2D eigenvalue weighted by Crippen LogP contribution is -2.34. The molecule has 0 bridgehead atoms. The van der Waals surface area contributed by atoms with Crippen LogP contribution in [0.1, 0.15) is 26.7 Å². The Labute approximate surface area is 69.1 Å². The normalized spacial score (nSPS) is 31.4. The van der Waals surface area contributed by atoms with Gasteiger partial charge in [-0.25, -0.2) is 0 Å². The minimum atomic E-state index is 0.307. The van der Waals surface area contributed by atoms with Crippen molar-refractivity contribution in [1.29, 1.82) is 0 Å². The maximum absolute atomic E-state index is 5.81. The fourth-order valence-electron chi connectivity index (χ4n) is 1.61. The Balaban J connectivity index is 2.32. The van der Waals surface area contributed by atoms with E-state index >= 15 is 0 Å². The third-order valence-electron chi connectivity index (χ3n) is 2.77. The van der Waals surface area contributed by atoms with E-state index in [1.807, 2.05) is 0 Å². The molecule has 0 aromatic heterocycles. The summed E-state index contributed by atoms with van der Waals surface area (Å²) in [6.07, 6.45) is 2.50. The minimum Gasteiger partial charge on any atom is -0.381 e. The molecule has 1 fully saturated rings. The lowest BCUT2D eigenvalue weighted by atomic mass is 9.85. The highest BCUT2D eigenvalue weighted by Crippen LogP contribution is 2.23. The second kappa shape index (κ2) is 4.07. The van der Waals surface area contributed by atoms with Crippen molar-refractivity contribution in [2.75, 3.05) is 13.2 Å².